The van der Waals surface area contributed by atoms with Gasteiger partial charge in [-0.3, -0.25) is 14.7 Å². The van der Waals surface area contributed by atoms with Gasteiger partial charge in [0.2, 0.25) is 11.9 Å². The predicted octanol–water partition coefficient (Wildman–Crippen LogP) is 2.58. The highest BCUT2D eigenvalue weighted by atomic mass is 35.5. The first-order valence-electron chi connectivity index (χ1n) is 12.5. The van der Waals surface area contributed by atoms with Crippen LogP contribution in [0.5, 0.6) is 0 Å². The number of aromatic nitrogens is 3. The van der Waals surface area contributed by atoms with Crippen molar-refractivity contribution in [1.82, 2.24) is 25.0 Å². The van der Waals surface area contributed by atoms with Crippen LogP contribution in [0.15, 0.2) is 24.3 Å². The summed E-state index contributed by atoms with van der Waals surface area (Å²) in [5.41, 5.74) is 6.84. The van der Waals surface area contributed by atoms with Crippen LogP contribution in [0.4, 0.5) is 20.7 Å². The molecule has 36 heavy (non-hydrogen) atoms. The zero-order chi connectivity index (χ0) is 25.3. The molecule has 5 rings (SSSR count). The Morgan fingerprint density at radius 1 is 1.14 bits per heavy atom. The Morgan fingerprint density at radius 2 is 1.83 bits per heavy atom. The van der Waals surface area contributed by atoms with E-state index in [0.717, 1.165) is 37.9 Å². The van der Waals surface area contributed by atoms with Gasteiger partial charge in [-0.2, -0.15) is 0 Å². The number of nitrogens with two attached hydrogens (primary N) is 1. The first kappa shape index (κ1) is 25.2. The van der Waals surface area contributed by atoms with Crippen LogP contribution in [0.25, 0.3) is 0 Å². The third kappa shape index (κ3) is 5.73. The number of hydrogen-bond donors (Lipinski definition) is 2. The van der Waals surface area contributed by atoms with E-state index in [0.29, 0.717) is 30.1 Å². The average molecular weight is 524 g/mol. The molecule has 2 atom stereocenters. The maximum atomic E-state index is 13.6. The van der Waals surface area contributed by atoms with E-state index >= 15 is 0 Å². The molecule has 3 N–H and O–H groups in total. The minimum absolute atomic E-state index is 0.0681. The number of likely N-dealkylation sites (tertiary alicyclic amines) is 1. The number of halogens is 3. The number of alkyl halides is 2. The van der Waals surface area contributed by atoms with E-state index in [4.69, 9.17) is 22.1 Å². The van der Waals surface area contributed by atoms with Gasteiger partial charge in [-0.1, -0.05) is 23.7 Å². The van der Waals surface area contributed by atoms with Gasteiger partial charge in [-0.05, 0) is 37.0 Å². The SMILES string of the molecule is Nc1nnc(N2CCC(N3C[C@H](C(=O)N4CCC(F)(F)CC4)OC[C@@H]3Cc3ccc(Cl)cc3)CC2)[nH]1. The van der Waals surface area contributed by atoms with Gasteiger partial charge in [0.15, 0.2) is 0 Å². The first-order chi connectivity index (χ1) is 17.3. The van der Waals surface area contributed by atoms with Gasteiger partial charge in [-0.25, -0.2) is 8.78 Å². The van der Waals surface area contributed by atoms with Crippen molar-refractivity contribution in [2.45, 2.75) is 56.2 Å². The topological polar surface area (TPSA) is 104 Å². The third-order valence-corrected chi connectivity index (χ3v) is 7.78. The molecular weight excluding hydrogens is 492 g/mol. The van der Waals surface area contributed by atoms with Crippen molar-refractivity contribution in [2.75, 3.05) is 50.0 Å². The molecule has 2 aromatic rings. The molecular formula is C24H32ClF2N7O2. The lowest BCUT2D eigenvalue weighted by Gasteiger charge is -2.47. The van der Waals surface area contributed by atoms with Crippen LogP contribution >= 0.6 is 11.6 Å². The fourth-order valence-electron chi connectivity index (χ4n) is 5.46. The standard InChI is InChI=1S/C24H32ClF2N7O2/c25-17-3-1-16(2-4-17)13-19-15-36-20(21(35)32-11-7-24(26,27)8-12-32)14-34(19)18-5-9-33(10-6-18)23-29-22(28)30-31-23/h1-4,18-20H,5-15H2,(H3,28,29,30,31)/t19-,20+/m0/s1. The zero-order valence-corrected chi connectivity index (χ0v) is 20.8. The van der Waals surface area contributed by atoms with E-state index < -0.39 is 12.0 Å². The van der Waals surface area contributed by atoms with Crippen LogP contribution < -0.4 is 10.6 Å². The molecule has 0 spiro atoms. The monoisotopic (exact) mass is 523 g/mol. The fourth-order valence-corrected chi connectivity index (χ4v) is 5.58. The minimum atomic E-state index is -2.69. The highest BCUT2D eigenvalue weighted by Gasteiger charge is 2.42. The Labute approximate surface area is 213 Å². The predicted molar refractivity (Wildman–Crippen MR) is 132 cm³/mol. The minimum Gasteiger partial charge on any atom is -0.368 e. The fraction of sp³-hybridized carbons (Fsp3) is 0.625. The molecule has 4 heterocycles. The van der Waals surface area contributed by atoms with E-state index in [1.54, 1.807) is 0 Å². The molecule has 3 aliphatic rings. The number of nitrogen functional groups attached to an aromatic ring is 1. The molecule has 196 valence electrons. The lowest BCUT2D eigenvalue weighted by atomic mass is 9.96. The summed E-state index contributed by atoms with van der Waals surface area (Å²) in [6.07, 6.45) is 1.30. The largest absolute Gasteiger partial charge is 0.368 e. The van der Waals surface area contributed by atoms with Crippen LogP contribution in [0.1, 0.15) is 31.2 Å². The molecule has 3 saturated heterocycles. The third-order valence-electron chi connectivity index (χ3n) is 7.53. The van der Waals surface area contributed by atoms with Crippen molar-refractivity contribution < 1.29 is 18.3 Å². The molecule has 0 radical (unpaired) electrons. The number of nitrogens with one attached hydrogen (secondary N) is 1. The molecule has 1 aromatic carbocycles. The Bertz CT molecular complexity index is 1040. The van der Waals surface area contributed by atoms with Crippen molar-refractivity contribution in [3.8, 4) is 0 Å². The van der Waals surface area contributed by atoms with Crippen LogP contribution in [0.2, 0.25) is 5.02 Å². The number of ether oxygens (including phenoxy) is 1. The molecule has 1 amide bonds. The van der Waals surface area contributed by atoms with E-state index in [2.05, 4.69) is 25.0 Å². The smallest absolute Gasteiger partial charge is 0.253 e. The lowest BCUT2D eigenvalue weighted by Crippen LogP contribution is -2.60. The summed E-state index contributed by atoms with van der Waals surface area (Å²) in [6.45, 7) is 2.55. The van der Waals surface area contributed by atoms with Crippen molar-refractivity contribution in [1.29, 1.82) is 0 Å². The maximum absolute atomic E-state index is 13.6. The first-order valence-corrected chi connectivity index (χ1v) is 12.9. The highest BCUT2D eigenvalue weighted by molar-refractivity contribution is 6.30. The normalized spacial score (nSPS) is 25.8. The van der Waals surface area contributed by atoms with E-state index in [1.165, 1.54) is 4.90 Å². The molecule has 0 aliphatic carbocycles. The summed E-state index contributed by atoms with van der Waals surface area (Å²) < 4.78 is 33.3. The number of amides is 1. The van der Waals surface area contributed by atoms with Gasteiger partial charge in [0, 0.05) is 62.7 Å². The molecule has 12 heteroatoms. The van der Waals surface area contributed by atoms with Gasteiger partial charge >= 0.3 is 0 Å². The maximum Gasteiger partial charge on any atom is 0.253 e. The number of hydrogen-bond acceptors (Lipinski definition) is 7. The number of carbonyl (C=O) groups is 1. The molecule has 9 nitrogen and oxygen atoms in total. The number of piperidine rings is 2. The van der Waals surface area contributed by atoms with Crippen molar-refractivity contribution in [3.63, 3.8) is 0 Å². The average Bonchev–Trinajstić information content (AvgIpc) is 3.31. The molecule has 1 aromatic heterocycles. The van der Waals surface area contributed by atoms with Gasteiger partial charge in [0.05, 0.1) is 6.61 Å². The number of aromatic amines is 1. The summed E-state index contributed by atoms with van der Waals surface area (Å²) in [7, 11) is 0. The van der Waals surface area contributed by atoms with Gasteiger partial charge < -0.3 is 20.3 Å². The Hall–Kier alpha value is -2.50. The Balaban J connectivity index is 1.27. The van der Waals surface area contributed by atoms with Crippen molar-refractivity contribution in [3.05, 3.63) is 34.9 Å². The highest BCUT2D eigenvalue weighted by Crippen LogP contribution is 2.30. The zero-order valence-electron chi connectivity index (χ0n) is 20.1. The summed E-state index contributed by atoms with van der Waals surface area (Å²) in [6, 6.07) is 8.14. The Kier molecular flexibility index (Phi) is 7.32. The van der Waals surface area contributed by atoms with E-state index in [9.17, 15) is 13.6 Å². The van der Waals surface area contributed by atoms with Gasteiger partial charge in [0.1, 0.15) is 6.10 Å². The quantitative estimate of drug-likeness (QED) is 0.621. The lowest BCUT2D eigenvalue weighted by molar-refractivity contribution is -0.160. The summed E-state index contributed by atoms with van der Waals surface area (Å²) in [4.78, 5) is 22.3. The van der Waals surface area contributed by atoms with Crippen molar-refractivity contribution >= 4 is 29.4 Å². The van der Waals surface area contributed by atoms with E-state index in [1.807, 2.05) is 24.3 Å². The number of benzene rings is 1. The summed E-state index contributed by atoms with van der Waals surface area (Å²) in [5, 5.41) is 8.64. The Morgan fingerprint density at radius 3 is 2.47 bits per heavy atom. The molecule has 3 fully saturated rings. The molecule has 0 saturated carbocycles. The number of H-pyrrole nitrogens is 1. The van der Waals surface area contributed by atoms with Crippen molar-refractivity contribution in [2.24, 2.45) is 0 Å². The number of nitrogens with zero attached hydrogens (tertiary/aromatic N) is 5. The van der Waals surface area contributed by atoms with Gasteiger partial charge in [0.25, 0.3) is 11.8 Å². The van der Waals surface area contributed by atoms with Crippen LogP contribution in [0, 0.1) is 0 Å². The second-order valence-corrected chi connectivity index (χ2v) is 10.4. The van der Waals surface area contributed by atoms with Crippen LogP contribution in [-0.2, 0) is 16.0 Å². The number of morpholine rings is 1. The van der Waals surface area contributed by atoms with Gasteiger partial charge in [-0.15, -0.1) is 10.2 Å². The van der Waals surface area contributed by atoms with Crippen LogP contribution in [0.3, 0.4) is 0 Å². The molecule has 3 aliphatic heterocycles. The molecule has 0 bridgehead atoms. The second-order valence-electron chi connectivity index (χ2n) is 9.94. The summed E-state index contributed by atoms with van der Waals surface area (Å²) in [5.74, 6) is -1.92. The molecule has 0 unspecified atom stereocenters. The number of carbonyl (C=O) groups excluding carboxylic acids is 1. The summed E-state index contributed by atoms with van der Waals surface area (Å²) >= 11 is 6.07. The van der Waals surface area contributed by atoms with E-state index in [-0.39, 0.29) is 43.9 Å². The second kappa shape index (κ2) is 10.5. The number of rotatable bonds is 5. The van der Waals surface area contributed by atoms with Crippen LogP contribution in [-0.4, -0.2) is 94.3 Å². The number of anilines is 2.